The number of nitrogens with one attached hydrogen (secondary N) is 1. The lowest BCUT2D eigenvalue weighted by atomic mass is 10.2. The number of halogens is 3. The minimum atomic E-state index is -4.77. The number of carbonyl (C=O) groups is 1. The number of anilines is 1. The fraction of sp³-hybridized carbons (Fsp3) is 0.278. The minimum absolute atomic E-state index is 0.00242. The molecule has 0 fully saturated rings. The Kier molecular flexibility index (Phi) is 6.46. The van der Waals surface area contributed by atoms with Gasteiger partial charge in [0.05, 0.1) is 13.7 Å². The number of amides is 1. The van der Waals surface area contributed by atoms with E-state index in [1.807, 2.05) is 0 Å². The number of hydrogen-bond acceptors (Lipinski definition) is 4. The number of hydrogen-bond donors (Lipinski definition) is 1. The lowest BCUT2D eigenvalue weighted by Crippen LogP contribution is -2.30. The van der Waals surface area contributed by atoms with Gasteiger partial charge in [-0.3, -0.25) is 9.69 Å². The van der Waals surface area contributed by atoms with Gasteiger partial charge < -0.3 is 14.8 Å². The molecular formula is C18H19F3N2O3. The maximum atomic E-state index is 12.5. The van der Waals surface area contributed by atoms with E-state index in [1.165, 1.54) is 25.3 Å². The highest BCUT2D eigenvalue weighted by atomic mass is 19.4. The number of rotatable bonds is 7. The van der Waals surface area contributed by atoms with Gasteiger partial charge in [0.15, 0.2) is 0 Å². The molecule has 0 atom stereocenters. The van der Waals surface area contributed by atoms with Gasteiger partial charge in [-0.1, -0.05) is 24.3 Å². The number of benzene rings is 2. The fourth-order valence-corrected chi connectivity index (χ4v) is 2.35. The van der Waals surface area contributed by atoms with Crippen molar-refractivity contribution in [3.8, 4) is 11.5 Å². The molecule has 0 aromatic heterocycles. The zero-order valence-corrected chi connectivity index (χ0v) is 14.3. The van der Waals surface area contributed by atoms with E-state index in [1.54, 1.807) is 42.3 Å². The van der Waals surface area contributed by atoms with Crippen molar-refractivity contribution in [2.45, 2.75) is 12.9 Å². The van der Waals surface area contributed by atoms with E-state index >= 15 is 0 Å². The molecule has 0 unspecified atom stereocenters. The molecule has 0 aliphatic heterocycles. The number of likely N-dealkylation sites (N-methyl/N-ethyl adjacent to an activating group) is 1. The number of para-hydroxylation sites is 1. The van der Waals surface area contributed by atoms with Crippen molar-refractivity contribution < 1.29 is 27.4 Å². The Morgan fingerprint density at radius 2 is 1.88 bits per heavy atom. The second-order valence-electron chi connectivity index (χ2n) is 5.61. The van der Waals surface area contributed by atoms with Gasteiger partial charge in [-0.05, 0) is 25.2 Å². The number of ether oxygens (including phenoxy) is 2. The summed E-state index contributed by atoms with van der Waals surface area (Å²) in [6.07, 6.45) is -4.77. The van der Waals surface area contributed by atoms with Crippen LogP contribution in [0.3, 0.4) is 0 Å². The van der Waals surface area contributed by atoms with Crippen molar-refractivity contribution in [2.24, 2.45) is 0 Å². The topological polar surface area (TPSA) is 50.8 Å². The highest BCUT2D eigenvalue weighted by Gasteiger charge is 2.32. The first-order chi connectivity index (χ1) is 12.3. The summed E-state index contributed by atoms with van der Waals surface area (Å²) in [7, 11) is 3.16. The van der Waals surface area contributed by atoms with Crippen LogP contribution in [0.4, 0.5) is 18.9 Å². The lowest BCUT2D eigenvalue weighted by molar-refractivity contribution is -0.275. The molecule has 140 valence electrons. The van der Waals surface area contributed by atoms with Crippen molar-refractivity contribution >= 4 is 11.6 Å². The zero-order chi connectivity index (χ0) is 19.2. The van der Waals surface area contributed by atoms with Gasteiger partial charge in [0, 0.05) is 23.9 Å². The van der Waals surface area contributed by atoms with Crippen LogP contribution < -0.4 is 14.8 Å². The predicted molar refractivity (Wildman–Crippen MR) is 91.1 cm³/mol. The summed E-state index contributed by atoms with van der Waals surface area (Å²) >= 11 is 0. The van der Waals surface area contributed by atoms with Crippen molar-refractivity contribution in [3.05, 3.63) is 54.1 Å². The number of methoxy groups -OCH3 is 1. The Balaban J connectivity index is 1.96. The molecule has 2 rings (SSSR count). The average molecular weight is 368 g/mol. The SMILES string of the molecule is COc1cccc(NC(=O)CN(C)Cc2ccccc2OC(F)(F)F)c1. The van der Waals surface area contributed by atoms with Crippen molar-refractivity contribution in [2.75, 3.05) is 26.0 Å². The molecule has 0 aliphatic rings. The third kappa shape index (κ3) is 6.29. The van der Waals surface area contributed by atoms with E-state index in [2.05, 4.69) is 10.1 Å². The summed E-state index contributed by atoms with van der Waals surface area (Å²) in [6, 6.07) is 12.7. The molecule has 0 bridgehead atoms. The third-order valence-electron chi connectivity index (χ3n) is 3.41. The van der Waals surface area contributed by atoms with Crippen LogP contribution in [0.15, 0.2) is 48.5 Å². The van der Waals surface area contributed by atoms with Gasteiger partial charge in [-0.2, -0.15) is 0 Å². The molecule has 5 nitrogen and oxygen atoms in total. The van der Waals surface area contributed by atoms with Gasteiger partial charge >= 0.3 is 6.36 Å². The maximum absolute atomic E-state index is 12.5. The minimum Gasteiger partial charge on any atom is -0.497 e. The molecule has 26 heavy (non-hydrogen) atoms. The summed E-state index contributed by atoms with van der Waals surface area (Å²) < 4.78 is 46.5. The summed E-state index contributed by atoms with van der Waals surface area (Å²) in [6.45, 7) is 0.120. The van der Waals surface area contributed by atoms with Crippen molar-refractivity contribution in [3.63, 3.8) is 0 Å². The van der Waals surface area contributed by atoms with Gasteiger partial charge in [0.25, 0.3) is 0 Å². The van der Waals surface area contributed by atoms with Crippen LogP contribution >= 0.6 is 0 Å². The van der Waals surface area contributed by atoms with E-state index in [9.17, 15) is 18.0 Å². The summed E-state index contributed by atoms with van der Waals surface area (Å²) in [5, 5.41) is 2.71. The largest absolute Gasteiger partial charge is 0.573 e. The smallest absolute Gasteiger partial charge is 0.497 e. The number of nitrogens with zero attached hydrogens (tertiary/aromatic N) is 1. The Morgan fingerprint density at radius 3 is 2.58 bits per heavy atom. The first kappa shape index (κ1) is 19.6. The van der Waals surface area contributed by atoms with Gasteiger partial charge in [0.1, 0.15) is 11.5 Å². The predicted octanol–water partition coefficient (Wildman–Crippen LogP) is 3.66. The molecule has 0 radical (unpaired) electrons. The molecule has 1 amide bonds. The van der Waals surface area contributed by atoms with Crippen molar-refractivity contribution in [1.82, 2.24) is 4.90 Å². The van der Waals surface area contributed by atoms with Crippen LogP contribution in [0.25, 0.3) is 0 Å². The van der Waals surface area contributed by atoms with Gasteiger partial charge in [-0.15, -0.1) is 13.2 Å². The van der Waals surface area contributed by atoms with Gasteiger partial charge in [-0.25, -0.2) is 0 Å². The molecule has 2 aromatic carbocycles. The molecule has 0 saturated heterocycles. The zero-order valence-electron chi connectivity index (χ0n) is 14.3. The summed E-state index contributed by atoms with van der Waals surface area (Å²) in [4.78, 5) is 13.7. The van der Waals surface area contributed by atoms with Crippen LogP contribution in [-0.4, -0.2) is 37.9 Å². The Bertz CT molecular complexity index is 750. The quantitative estimate of drug-likeness (QED) is 0.810. The summed E-state index contributed by atoms with van der Waals surface area (Å²) in [5.74, 6) is 0.0319. The highest BCUT2D eigenvalue weighted by molar-refractivity contribution is 5.92. The van der Waals surface area contributed by atoms with E-state index in [-0.39, 0.29) is 24.7 Å². The number of alkyl halides is 3. The fourth-order valence-electron chi connectivity index (χ4n) is 2.35. The molecule has 1 N–H and O–H groups in total. The molecular weight excluding hydrogens is 349 g/mol. The van der Waals surface area contributed by atoms with Crippen LogP contribution in [-0.2, 0) is 11.3 Å². The molecule has 2 aromatic rings. The molecule has 0 saturated carbocycles. The maximum Gasteiger partial charge on any atom is 0.573 e. The van der Waals surface area contributed by atoms with Crippen LogP contribution in [0.1, 0.15) is 5.56 Å². The lowest BCUT2D eigenvalue weighted by Gasteiger charge is -2.19. The molecule has 8 heteroatoms. The standard InChI is InChI=1S/C18H19F3N2O3/c1-23(11-13-6-3-4-9-16(13)26-18(19,20)21)12-17(24)22-14-7-5-8-15(10-14)25-2/h3-10H,11-12H2,1-2H3,(H,22,24). The first-order valence-corrected chi connectivity index (χ1v) is 7.73. The monoisotopic (exact) mass is 368 g/mol. The number of carbonyl (C=O) groups excluding carboxylic acids is 1. The normalized spacial score (nSPS) is 11.3. The van der Waals surface area contributed by atoms with Crippen LogP contribution in [0.5, 0.6) is 11.5 Å². The van der Waals surface area contributed by atoms with E-state index in [4.69, 9.17) is 4.74 Å². The molecule has 0 spiro atoms. The Labute approximate surface area is 149 Å². The second-order valence-corrected chi connectivity index (χ2v) is 5.61. The first-order valence-electron chi connectivity index (χ1n) is 7.73. The van der Waals surface area contributed by atoms with Crippen LogP contribution in [0.2, 0.25) is 0 Å². The average Bonchev–Trinajstić information content (AvgIpc) is 2.55. The van der Waals surface area contributed by atoms with Crippen LogP contribution in [0, 0.1) is 0 Å². The second kappa shape index (κ2) is 8.57. The Hall–Kier alpha value is -2.74. The summed E-state index contributed by atoms with van der Waals surface area (Å²) in [5.41, 5.74) is 0.907. The molecule has 0 aliphatic carbocycles. The molecule has 0 heterocycles. The van der Waals surface area contributed by atoms with Gasteiger partial charge in [0.2, 0.25) is 5.91 Å². The van der Waals surface area contributed by atoms with E-state index < -0.39 is 6.36 Å². The van der Waals surface area contributed by atoms with Crippen molar-refractivity contribution in [1.29, 1.82) is 0 Å². The van der Waals surface area contributed by atoms with E-state index in [0.717, 1.165) is 0 Å². The van der Waals surface area contributed by atoms with E-state index in [0.29, 0.717) is 17.0 Å². The third-order valence-corrected chi connectivity index (χ3v) is 3.41. The highest BCUT2D eigenvalue weighted by Crippen LogP contribution is 2.27. The Morgan fingerprint density at radius 1 is 1.15 bits per heavy atom.